The summed E-state index contributed by atoms with van der Waals surface area (Å²) >= 11 is 0. The number of aliphatic hydroxyl groups is 1. The summed E-state index contributed by atoms with van der Waals surface area (Å²) in [5.74, 6) is -0.332. The number of carbonyl (C=O) groups excluding carboxylic acids is 1. The van der Waals surface area contributed by atoms with Gasteiger partial charge in [-0.25, -0.2) is 0 Å². The molecule has 4 nitrogen and oxygen atoms in total. The van der Waals surface area contributed by atoms with Gasteiger partial charge in [-0.2, -0.15) is 0 Å². The van der Waals surface area contributed by atoms with E-state index >= 15 is 0 Å². The number of aryl methyl sites for hydroxylation is 1. The van der Waals surface area contributed by atoms with E-state index in [0.29, 0.717) is 13.0 Å². The van der Waals surface area contributed by atoms with Gasteiger partial charge in [0.05, 0.1) is 12.1 Å². The summed E-state index contributed by atoms with van der Waals surface area (Å²) in [6.45, 7) is 1.33. The summed E-state index contributed by atoms with van der Waals surface area (Å²) in [6, 6.07) is 14.4. The topological polar surface area (TPSA) is 66.6 Å². The lowest BCUT2D eigenvalue weighted by molar-refractivity contribution is -0.122. The Labute approximate surface area is 130 Å². The minimum atomic E-state index is -0.435. The zero-order valence-electron chi connectivity index (χ0n) is 12.6. The van der Waals surface area contributed by atoms with Crippen LogP contribution in [0.25, 0.3) is 10.8 Å². The fourth-order valence-corrected chi connectivity index (χ4v) is 3.41. The highest BCUT2D eigenvalue weighted by Gasteiger charge is 2.33. The molecule has 0 spiro atoms. The molecule has 1 aliphatic heterocycles. The van der Waals surface area contributed by atoms with E-state index in [1.54, 1.807) is 0 Å². The van der Waals surface area contributed by atoms with Gasteiger partial charge >= 0.3 is 0 Å². The molecule has 0 aromatic heterocycles. The lowest BCUT2D eigenvalue weighted by Gasteiger charge is -2.21. The van der Waals surface area contributed by atoms with E-state index in [9.17, 15) is 9.90 Å². The minimum Gasteiger partial charge on any atom is -0.392 e. The van der Waals surface area contributed by atoms with E-state index in [2.05, 4.69) is 42.5 Å². The average Bonchev–Trinajstić information content (AvgIpc) is 2.89. The summed E-state index contributed by atoms with van der Waals surface area (Å²) in [6.07, 6.45) is 1.93. The molecule has 2 aromatic carbocycles. The summed E-state index contributed by atoms with van der Waals surface area (Å²) in [7, 11) is 0. The number of β-amino-alcohol motifs (C(OH)–C–C–N with tert-alkyl or cyclic N) is 1. The van der Waals surface area contributed by atoms with Crippen LogP contribution in [0.3, 0.4) is 0 Å². The predicted octanol–water partition coefficient (Wildman–Crippen LogP) is 1.69. The number of amides is 1. The number of primary amides is 1. The summed E-state index contributed by atoms with van der Waals surface area (Å²) in [5.41, 5.74) is 6.74. The fourth-order valence-electron chi connectivity index (χ4n) is 3.41. The average molecular weight is 298 g/mol. The molecular weight excluding hydrogens is 276 g/mol. The van der Waals surface area contributed by atoms with Crippen molar-refractivity contribution in [2.75, 3.05) is 13.1 Å². The molecule has 1 aliphatic rings. The maximum Gasteiger partial charge on any atom is 0.234 e. The van der Waals surface area contributed by atoms with Crippen LogP contribution in [0.2, 0.25) is 0 Å². The number of carbonyl (C=O) groups is 1. The lowest BCUT2D eigenvalue weighted by atomic mass is 10.0. The first-order valence-electron chi connectivity index (χ1n) is 7.83. The normalized spacial score (nSPS) is 22.2. The fraction of sp³-hybridized carbons (Fsp3) is 0.389. The van der Waals surface area contributed by atoms with Gasteiger partial charge in [0, 0.05) is 6.54 Å². The van der Waals surface area contributed by atoms with E-state index in [1.807, 2.05) is 4.90 Å². The van der Waals surface area contributed by atoms with Gasteiger partial charge in [0.1, 0.15) is 0 Å². The number of rotatable bonds is 5. The molecule has 4 heteroatoms. The SMILES string of the molecule is NC(=O)[C@@H]1C[C@H](O)CN1CCCc1cccc2ccccc12. The smallest absolute Gasteiger partial charge is 0.234 e. The number of hydrogen-bond donors (Lipinski definition) is 2. The Morgan fingerprint density at radius 1 is 1.23 bits per heavy atom. The van der Waals surface area contributed by atoms with Crippen molar-refractivity contribution in [3.05, 3.63) is 48.0 Å². The number of aliphatic hydroxyl groups excluding tert-OH is 1. The number of nitrogens with two attached hydrogens (primary N) is 1. The Hall–Kier alpha value is -1.91. The van der Waals surface area contributed by atoms with Crippen molar-refractivity contribution >= 4 is 16.7 Å². The van der Waals surface area contributed by atoms with Crippen LogP contribution in [-0.2, 0) is 11.2 Å². The molecule has 0 saturated carbocycles. The standard InChI is InChI=1S/C18H22N2O2/c19-18(22)17-11-15(21)12-20(17)10-4-8-14-7-3-6-13-5-1-2-9-16(13)14/h1-3,5-7,9,15,17,21H,4,8,10-12H2,(H2,19,22)/t15-,17-/m0/s1. The third-order valence-electron chi connectivity index (χ3n) is 4.48. The molecule has 2 aromatic rings. The Balaban J connectivity index is 1.64. The van der Waals surface area contributed by atoms with Gasteiger partial charge in [0.15, 0.2) is 0 Å². The first kappa shape index (κ1) is 15.0. The maximum atomic E-state index is 11.4. The quantitative estimate of drug-likeness (QED) is 0.883. The van der Waals surface area contributed by atoms with Crippen molar-refractivity contribution in [3.8, 4) is 0 Å². The monoisotopic (exact) mass is 298 g/mol. The highest BCUT2D eigenvalue weighted by molar-refractivity contribution is 5.85. The largest absolute Gasteiger partial charge is 0.392 e. The van der Waals surface area contributed by atoms with Gasteiger partial charge in [-0.1, -0.05) is 42.5 Å². The van der Waals surface area contributed by atoms with Crippen molar-refractivity contribution in [2.45, 2.75) is 31.4 Å². The highest BCUT2D eigenvalue weighted by atomic mass is 16.3. The number of hydrogen-bond acceptors (Lipinski definition) is 3. The Morgan fingerprint density at radius 2 is 2.00 bits per heavy atom. The molecule has 0 radical (unpaired) electrons. The predicted molar refractivity (Wildman–Crippen MR) is 87.4 cm³/mol. The van der Waals surface area contributed by atoms with Crippen molar-refractivity contribution in [3.63, 3.8) is 0 Å². The van der Waals surface area contributed by atoms with E-state index in [1.165, 1.54) is 16.3 Å². The summed E-state index contributed by atoms with van der Waals surface area (Å²) < 4.78 is 0. The van der Waals surface area contributed by atoms with Gasteiger partial charge < -0.3 is 10.8 Å². The number of benzene rings is 2. The molecule has 0 bridgehead atoms. The summed E-state index contributed by atoms with van der Waals surface area (Å²) in [4.78, 5) is 13.4. The van der Waals surface area contributed by atoms with Crippen LogP contribution in [0, 0.1) is 0 Å². The van der Waals surface area contributed by atoms with E-state index in [-0.39, 0.29) is 11.9 Å². The second-order valence-electron chi connectivity index (χ2n) is 6.04. The van der Waals surface area contributed by atoms with E-state index in [0.717, 1.165) is 19.4 Å². The van der Waals surface area contributed by atoms with E-state index < -0.39 is 6.10 Å². The van der Waals surface area contributed by atoms with Crippen molar-refractivity contribution < 1.29 is 9.90 Å². The van der Waals surface area contributed by atoms with Gasteiger partial charge in [-0.3, -0.25) is 9.69 Å². The minimum absolute atomic E-state index is 0.317. The van der Waals surface area contributed by atoms with Crippen LogP contribution in [0.15, 0.2) is 42.5 Å². The van der Waals surface area contributed by atoms with Crippen LogP contribution in [0.4, 0.5) is 0 Å². The lowest BCUT2D eigenvalue weighted by Crippen LogP contribution is -2.40. The molecule has 2 atom stereocenters. The van der Waals surface area contributed by atoms with Crippen LogP contribution in [0.1, 0.15) is 18.4 Å². The molecule has 22 heavy (non-hydrogen) atoms. The van der Waals surface area contributed by atoms with Crippen molar-refractivity contribution in [1.29, 1.82) is 0 Å². The van der Waals surface area contributed by atoms with Gasteiger partial charge in [0.2, 0.25) is 5.91 Å². The zero-order valence-corrected chi connectivity index (χ0v) is 12.6. The molecule has 3 rings (SSSR count). The molecule has 1 fully saturated rings. The van der Waals surface area contributed by atoms with Gasteiger partial charge in [-0.15, -0.1) is 0 Å². The first-order chi connectivity index (χ1) is 10.6. The van der Waals surface area contributed by atoms with Crippen LogP contribution in [-0.4, -0.2) is 41.1 Å². The molecule has 0 unspecified atom stereocenters. The molecule has 116 valence electrons. The third-order valence-corrected chi connectivity index (χ3v) is 4.48. The van der Waals surface area contributed by atoms with Crippen molar-refractivity contribution in [2.24, 2.45) is 5.73 Å². The molecule has 1 heterocycles. The highest BCUT2D eigenvalue weighted by Crippen LogP contribution is 2.21. The third kappa shape index (κ3) is 3.13. The van der Waals surface area contributed by atoms with Crippen LogP contribution >= 0.6 is 0 Å². The van der Waals surface area contributed by atoms with Gasteiger partial charge in [0.25, 0.3) is 0 Å². The Kier molecular flexibility index (Phi) is 4.41. The summed E-state index contributed by atoms with van der Waals surface area (Å²) in [5, 5.41) is 12.3. The molecule has 3 N–H and O–H groups in total. The van der Waals surface area contributed by atoms with Crippen molar-refractivity contribution in [1.82, 2.24) is 4.90 Å². The van der Waals surface area contributed by atoms with Gasteiger partial charge in [-0.05, 0) is 42.1 Å². The number of likely N-dealkylation sites (tertiary alicyclic amines) is 1. The molecule has 1 saturated heterocycles. The second-order valence-corrected chi connectivity index (χ2v) is 6.04. The number of fused-ring (bicyclic) bond motifs is 1. The second kappa shape index (κ2) is 6.46. The molecule has 1 amide bonds. The number of nitrogens with zero attached hydrogens (tertiary/aromatic N) is 1. The van der Waals surface area contributed by atoms with Crippen LogP contribution < -0.4 is 5.73 Å². The van der Waals surface area contributed by atoms with E-state index in [4.69, 9.17) is 5.73 Å². The molecule has 0 aliphatic carbocycles. The zero-order chi connectivity index (χ0) is 15.5. The Morgan fingerprint density at radius 3 is 2.82 bits per heavy atom. The molecular formula is C18H22N2O2. The first-order valence-corrected chi connectivity index (χ1v) is 7.83. The Bertz CT molecular complexity index is 666. The van der Waals surface area contributed by atoms with Crippen LogP contribution in [0.5, 0.6) is 0 Å². The maximum absolute atomic E-state index is 11.4.